The molecule has 0 radical (unpaired) electrons. The predicted molar refractivity (Wildman–Crippen MR) is 101 cm³/mol. The maximum Gasteiger partial charge on any atom is 0.349 e. The average molecular weight is 381 g/mol. The highest BCUT2D eigenvalue weighted by atomic mass is 16.5. The van der Waals surface area contributed by atoms with Crippen LogP contribution in [0.15, 0.2) is 50.1 Å². The molecular weight excluding hydrogens is 362 g/mol. The van der Waals surface area contributed by atoms with Crippen LogP contribution in [0.1, 0.15) is 29.0 Å². The van der Waals surface area contributed by atoms with E-state index in [0.717, 1.165) is 0 Å². The van der Waals surface area contributed by atoms with Crippen LogP contribution in [-0.4, -0.2) is 35.0 Å². The van der Waals surface area contributed by atoms with E-state index < -0.39 is 5.63 Å². The number of aromatic nitrogens is 1. The van der Waals surface area contributed by atoms with Crippen LogP contribution in [0.3, 0.4) is 0 Å². The number of nitrogens with zero attached hydrogens (tertiary/aromatic N) is 2. The maximum absolute atomic E-state index is 12.8. The molecule has 144 valence electrons. The standard InChI is InChI=1S/C20H19N3O5/c1-12-10-17(22-28-12)21-18(24)13-6-8-23(9-7-13)19(25)15-11-14-4-2-3-5-16(14)27-20(15)26/h2-5,10-11,13H,6-9H2,1H3,(H,21,22,24). The zero-order chi connectivity index (χ0) is 19.7. The number of para-hydroxylation sites is 1. The number of aryl methyl sites for hydroxylation is 1. The van der Waals surface area contributed by atoms with Crippen LogP contribution < -0.4 is 10.9 Å². The number of hydrogen-bond donors (Lipinski definition) is 1. The minimum Gasteiger partial charge on any atom is -0.422 e. The molecule has 1 saturated heterocycles. The van der Waals surface area contributed by atoms with Crippen molar-refractivity contribution in [3.8, 4) is 0 Å². The highest BCUT2D eigenvalue weighted by Gasteiger charge is 2.29. The van der Waals surface area contributed by atoms with Crippen LogP contribution in [0.2, 0.25) is 0 Å². The third-order valence-electron chi connectivity index (χ3n) is 4.90. The van der Waals surface area contributed by atoms with E-state index >= 15 is 0 Å². The summed E-state index contributed by atoms with van der Waals surface area (Å²) in [6.45, 7) is 2.53. The summed E-state index contributed by atoms with van der Waals surface area (Å²) in [6.07, 6.45) is 1.01. The molecule has 0 saturated carbocycles. The van der Waals surface area contributed by atoms with Crippen molar-refractivity contribution >= 4 is 28.6 Å². The van der Waals surface area contributed by atoms with Crippen LogP contribution >= 0.6 is 0 Å². The third-order valence-corrected chi connectivity index (χ3v) is 4.90. The first kappa shape index (κ1) is 18.0. The number of amides is 2. The zero-order valence-corrected chi connectivity index (χ0v) is 15.3. The second-order valence-electron chi connectivity index (χ2n) is 6.86. The normalized spacial score (nSPS) is 15.0. The number of anilines is 1. The monoisotopic (exact) mass is 381 g/mol. The number of carbonyl (C=O) groups is 2. The molecule has 3 heterocycles. The lowest BCUT2D eigenvalue weighted by molar-refractivity contribution is -0.121. The molecule has 2 amide bonds. The van der Waals surface area contributed by atoms with E-state index in [1.807, 2.05) is 6.07 Å². The zero-order valence-electron chi connectivity index (χ0n) is 15.3. The van der Waals surface area contributed by atoms with E-state index in [0.29, 0.717) is 48.5 Å². The first-order valence-corrected chi connectivity index (χ1v) is 9.07. The predicted octanol–water partition coefficient (Wildman–Crippen LogP) is 2.58. The molecule has 1 aliphatic heterocycles. The van der Waals surface area contributed by atoms with Gasteiger partial charge >= 0.3 is 5.63 Å². The van der Waals surface area contributed by atoms with Gasteiger partial charge < -0.3 is 19.2 Å². The number of likely N-dealkylation sites (tertiary alicyclic amines) is 1. The molecule has 4 rings (SSSR count). The summed E-state index contributed by atoms with van der Waals surface area (Å²) in [6, 6.07) is 10.3. The summed E-state index contributed by atoms with van der Waals surface area (Å²) in [5.41, 5.74) is -0.188. The molecule has 0 atom stereocenters. The number of nitrogens with one attached hydrogen (secondary N) is 1. The minimum absolute atomic E-state index is 0.0136. The molecule has 0 bridgehead atoms. The Balaban J connectivity index is 1.42. The second-order valence-corrected chi connectivity index (χ2v) is 6.86. The van der Waals surface area contributed by atoms with Gasteiger partial charge in [0.15, 0.2) is 5.82 Å². The third kappa shape index (κ3) is 3.53. The number of benzene rings is 1. The molecular formula is C20H19N3O5. The smallest absolute Gasteiger partial charge is 0.349 e. The van der Waals surface area contributed by atoms with Gasteiger partial charge in [-0.25, -0.2) is 4.79 Å². The number of rotatable bonds is 3. The molecule has 1 N–H and O–H groups in total. The van der Waals surface area contributed by atoms with Gasteiger partial charge in [0.25, 0.3) is 5.91 Å². The van der Waals surface area contributed by atoms with Gasteiger partial charge in [0.1, 0.15) is 16.9 Å². The average Bonchev–Trinajstić information content (AvgIpc) is 3.11. The quantitative estimate of drug-likeness (QED) is 0.699. The van der Waals surface area contributed by atoms with Crippen molar-refractivity contribution < 1.29 is 18.5 Å². The van der Waals surface area contributed by atoms with Crippen LogP contribution in [0.4, 0.5) is 5.82 Å². The van der Waals surface area contributed by atoms with Gasteiger partial charge in [-0.15, -0.1) is 0 Å². The van der Waals surface area contributed by atoms with Crippen LogP contribution in [-0.2, 0) is 4.79 Å². The minimum atomic E-state index is -0.648. The lowest BCUT2D eigenvalue weighted by atomic mass is 9.95. The Labute approximate surface area is 160 Å². The van der Waals surface area contributed by atoms with Crippen LogP contribution in [0, 0.1) is 12.8 Å². The van der Waals surface area contributed by atoms with Crippen molar-refractivity contribution in [2.45, 2.75) is 19.8 Å². The van der Waals surface area contributed by atoms with E-state index in [-0.39, 0.29) is 23.3 Å². The maximum atomic E-state index is 12.8. The second kappa shape index (κ2) is 7.30. The fourth-order valence-electron chi connectivity index (χ4n) is 3.38. The number of carbonyl (C=O) groups excluding carboxylic acids is 2. The van der Waals surface area contributed by atoms with Gasteiger partial charge in [-0.2, -0.15) is 0 Å². The fourth-order valence-corrected chi connectivity index (χ4v) is 3.38. The van der Waals surface area contributed by atoms with Crippen LogP contribution in [0.25, 0.3) is 11.0 Å². The molecule has 0 aliphatic carbocycles. The fraction of sp³-hybridized carbons (Fsp3) is 0.300. The number of fused-ring (bicyclic) bond motifs is 1. The number of hydrogen-bond acceptors (Lipinski definition) is 6. The first-order valence-electron chi connectivity index (χ1n) is 9.07. The topological polar surface area (TPSA) is 106 Å². The van der Waals surface area contributed by atoms with Crippen molar-refractivity contribution in [2.75, 3.05) is 18.4 Å². The number of piperidine rings is 1. The van der Waals surface area contributed by atoms with Crippen molar-refractivity contribution in [1.29, 1.82) is 0 Å². The Morgan fingerprint density at radius 3 is 2.64 bits per heavy atom. The van der Waals surface area contributed by atoms with Crippen molar-refractivity contribution in [2.24, 2.45) is 5.92 Å². The van der Waals surface area contributed by atoms with E-state index in [1.165, 1.54) is 0 Å². The van der Waals surface area contributed by atoms with Crippen molar-refractivity contribution in [3.05, 3.63) is 58.1 Å². The van der Waals surface area contributed by atoms with Gasteiger partial charge in [0, 0.05) is 30.5 Å². The van der Waals surface area contributed by atoms with Gasteiger partial charge in [0.05, 0.1) is 0 Å². The van der Waals surface area contributed by atoms with Gasteiger partial charge in [-0.3, -0.25) is 9.59 Å². The molecule has 0 unspecified atom stereocenters. The van der Waals surface area contributed by atoms with Crippen molar-refractivity contribution in [1.82, 2.24) is 10.1 Å². The molecule has 1 fully saturated rings. The highest BCUT2D eigenvalue weighted by Crippen LogP contribution is 2.21. The van der Waals surface area contributed by atoms with Gasteiger partial charge in [0.2, 0.25) is 5.91 Å². The Kier molecular flexibility index (Phi) is 4.68. The molecule has 3 aromatic rings. The Morgan fingerprint density at radius 2 is 1.93 bits per heavy atom. The summed E-state index contributed by atoms with van der Waals surface area (Å²) >= 11 is 0. The summed E-state index contributed by atoms with van der Waals surface area (Å²) < 4.78 is 10.2. The molecule has 0 spiro atoms. The molecule has 8 heteroatoms. The molecule has 8 nitrogen and oxygen atoms in total. The van der Waals surface area contributed by atoms with E-state index in [9.17, 15) is 14.4 Å². The highest BCUT2D eigenvalue weighted by molar-refractivity contribution is 5.97. The largest absolute Gasteiger partial charge is 0.422 e. The lowest BCUT2D eigenvalue weighted by Crippen LogP contribution is -2.42. The summed E-state index contributed by atoms with van der Waals surface area (Å²) in [5.74, 6) is 0.255. The summed E-state index contributed by atoms with van der Waals surface area (Å²) in [4.78, 5) is 38.9. The molecule has 2 aromatic heterocycles. The molecule has 28 heavy (non-hydrogen) atoms. The summed E-state index contributed by atoms with van der Waals surface area (Å²) in [5, 5.41) is 7.17. The Morgan fingerprint density at radius 1 is 1.18 bits per heavy atom. The van der Waals surface area contributed by atoms with Crippen LogP contribution in [0.5, 0.6) is 0 Å². The molecule has 1 aromatic carbocycles. The van der Waals surface area contributed by atoms with E-state index in [2.05, 4.69) is 10.5 Å². The molecule has 1 aliphatic rings. The van der Waals surface area contributed by atoms with Gasteiger partial charge in [-0.05, 0) is 31.9 Å². The Bertz CT molecular complexity index is 1090. The van der Waals surface area contributed by atoms with Crippen molar-refractivity contribution in [3.63, 3.8) is 0 Å². The first-order chi connectivity index (χ1) is 13.5. The van der Waals surface area contributed by atoms with E-state index in [4.69, 9.17) is 8.94 Å². The summed E-state index contributed by atoms with van der Waals surface area (Å²) in [7, 11) is 0. The lowest BCUT2D eigenvalue weighted by Gasteiger charge is -2.31. The van der Waals surface area contributed by atoms with E-state index in [1.54, 1.807) is 42.2 Å². The SMILES string of the molecule is Cc1cc(NC(=O)C2CCN(C(=O)c3cc4ccccc4oc3=O)CC2)no1. The van der Waals surface area contributed by atoms with Gasteiger partial charge in [-0.1, -0.05) is 23.4 Å². The Hall–Kier alpha value is -3.42.